The van der Waals surface area contributed by atoms with Crippen molar-refractivity contribution < 1.29 is 118 Å². The van der Waals surface area contributed by atoms with Crippen LogP contribution in [0.4, 0.5) is 15.3 Å². The molecule has 1 amide bonds. The number of non-ortho nitro benzene ring substituents is 1. The van der Waals surface area contributed by atoms with Gasteiger partial charge in [0.2, 0.25) is 0 Å². The molecule has 0 saturated heterocycles. The predicted octanol–water partition coefficient (Wildman–Crippen LogP) is 3.12. The molecule has 8 N–H and O–H groups in total. The van der Waals surface area contributed by atoms with E-state index in [1.54, 1.807) is 47.7 Å². The second-order valence-corrected chi connectivity index (χ2v) is 19.7. The fourth-order valence-corrected chi connectivity index (χ4v) is 7.20. The monoisotopic (exact) mass is 1290 g/mol. The number of carbonyl (C=O) groups is 5. The molecule has 0 spiro atoms. The minimum Gasteiger partial charge on any atom is -0.480 e. The number of ether oxygens (including phenoxy) is 13. The summed E-state index contributed by atoms with van der Waals surface area (Å²) in [6.45, 7) is 8.56. The topological polar surface area (TPSA) is 417 Å². The number of thiol groups is 1. The fourth-order valence-electron chi connectivity index (χ4n) is 4.49. The van der Waals surface area contributed by atoms with Gasteiger partial charge in [0.25, 0.3) is 15.8 Å². The number of alkyl carbamates (subject to hydrolysis) is 1. The van der Waals surface area contributed by atoms with Crippen molar-refractivity contribution in [2.75, 3.05) is 183 Å². The number of benzene rings is 2. The minimum atomic E-state index is -3.68. The van der Waals surface area contributed by atoms with Gasteiger partial charge in [0.15, 0.2) is 0 Å². The van der Waals surface area contributed by atoms with E-state index in [4.69, 9.17) is 92.5 Å². The summed E-state index contributed by atoms with van der Waals surface area (Å²) in [5.41, 5.74) is 11.1. The van der Waals surface area contributed by atoms with Gasteiger partial charge >= 0.3 is 30.2 Å². The first-order chi connectivity index (χ1) is 39.7. The van der Waals surface area contributed by atoms with Crippen LogP contribution in [0.2, 0.25) is 0 Å². The van der Waals surface area contributed by atoms with Gasteiger partial charge in [-0.15, -0.1) is 0 Å². The van der Waals surface area contributed by atoms with Crippen molar-refractivity contribution in [2.45, 2.75) is 37.4 Å². The molecule has 2 aromatic carbocycles. The number of amides is 1. The first kappa shape index (κ1) is 85.7. The molecular weight excluding hydrogens is 1200 g/mol. The molecule has 84 heavy (non-hydrogen) atoms. The van der Waals surface area contributed by atoms with Crippen LogP contribution >= 0.6 is 36.2 Å². The number of carboxylic acid groups (broad SMARTS) is 3. The van der Waals surface area contributed by atoms with Crippen molar-refractivity contribution >= 4 is 82.1 Å². The Bertz CT molecular complexity index is 2060. The summed E-state index contributed by atoms with van der Waals surface area (Å²) in [6, 6.07) is 8.98. The predicted molar refractivity (Wildman–Crippen MR) is 315 cm³/mol. The Balaban J connectivity index is -0.000000493. The van der Waals surface area contributed by atoms with Crippen LogP contribution in [-0.2, 0) is 85.5 Å². The van der Waals surface area contributed by atoms with Crippen LogP contribution < -0.4 is 21.5 Å². The van der Waals surface area contributed by atoms with E-state index in [-0.39, 0.29) is 74.9 Å². The SMILES string of the molecule is C.COCCOCCOC(=O)NC(CSCCOCCOC)C(=O)O.COCCOCCOC(=O)Oc1ccc([N+](=O)[O-])cc1.COCCOCCOS(=O)(=O)c1ccc(C)cc1.COCCOCCSCC(N)C(=O)O.NC(CS)C(=O)O. The third-order valence-electron chi connectivity index (χ3n) is 8.84. The molecule has 0 aliphatic rings. The van der Waals surface area contributed by atoms with Gasteiger partial charge in [-0.25, -0.2) is 14.4 Å². The normalized spacial score (nSPS) is 11.5. The summed E-state index contributed by atoms with van der Waals surface area (Å²) < 4.78 is 92.4. The Morgan fingerprint density at radius 2 is 0.988 bits per heavy atom. The summed E-state index contributed by atoms with van der Waals surface area (Å²) >= 11 is 6.50. The zero-order valence-corrected chi connectivity index (χ0v) is 51.0. The summed E-state index contributed by atoms with van der Waals surface area (Å²) in [6.07, 6.45) is -1.68. The number of methoxy groups -OCH3 is 5. The number of hydrogen-bond donors (Lipinski definition) is 7. The Morgan fingerprint density at radius 3 is 1.38 bits per heavy atom. The Labute approximate surface area is 505 Å². The van der Waals surface area contributed by atoms with Crippen LogP contribution in [0.3, 0.4) is 0 Å². The molecule has 3 atom stereocenters. The van der Waals surface area contributed by atoms with Crippen molar-refractivity contribution in [3.05, 3.63) is 64.2 Å². The van der Waals surface area contributed by atoms with Crippen LogP contribution in [0.25, 0.3) is 0 Å². The summed E-state index contributed by atoms with van der Waals surface area (Å²) in [5, 5.41) is 38.3. The van der Waals surface area contributed by atoms with Gasteiger partial charge in [-0.2, -0.15) is 44.6 Å². The molecule has 0 heterocycles. The van der Waals surface area contributed by atoms with E-state index in [2.05, 4.69) is 17.9 Å². The summed E-state index contributed by atoms with van der Waals surface area (Å²) in [5.74, 6) is -0.701. The second kappa shape index (κ2) is 60.0. The Morgan fingerprint density at radius 1 is 0.583 bits per heavy atom. The lowest BCUT2D eigenvalue weighted by Crippen LogP contribution is -2.43. The molecule has 0 saturated carbocycles. The summed E-state index contributed by atoms with van der Waals surface area (Å²) in [4.78, 5) is 64.0. The highest BCUT2D eigenvalue weighted by molar-refractivity contribution is 7.99. The molecule has 0 aromatic heterocycles. The van der Waals surface area contributed by atoms with E-state index in [0.29, 0.717) is 90.8 Å². The molecule has 0 radical (unpaired) electrons. The van der Waals surface area contributed by atoms with Crippen LogP contribution in [0, 0.1) is 17.0 Å². The van der Waals surface area contributed by atoms with Crippen molar-refractivity contribution in [2.24, 2.45) is 11.5 Å². The Hall–Kier alpha value is -4.73. The van der Waals surface area contributed by atoms with Crippen molar-refractivity contribution in [1.29, 1.82) is 0 Å². The van der Waals surface area contributed by atoms with Crippen molar-refractivity contribution in [1.82, 2.24) is 5.32 Å². The molecular formula is C50H88N4O26S4. The first-order valence-electron chi connectivity index (χ1n) is 24.9. The molecule has 2 aromatic rings. The van der Waals surface area contributed by atoms with E-state index in [1.165, 1.54) is 59.9 Å². The van der Waals surface area contributed by atoms with Gasteiger partial charge in [-0.3, -0.25) is 23.9 Å². The number of nitrogens with one attached hydrogen (secondary N) is 1. The molecule has 0 aliphatic heterocycles. The zero-order valence-electron chi connectivity index (χ0n) is 47.6. The van der Waals surface area contributed by atoms with E-state index in [0.717, 1.165) is 11.3 Å². The lowest BCUT2D eigenvalue weighted by Gasteiger charge is -2.14. The largest absolute Gasteiger partial charge is 0.513 e. The average Bonchev–Trinajstić information content (AvgIpc) is 3.62. The van der Waals surface area contributed by atoms with Crippen molar-refractivity contribution in [3.8, 4) is 5.75 Å². The van der Waals surface area contributed by atoms with Crippen LogP contribution in [0.5, 0.6) is 5.75 Å². The molecule has 30 nitrogen and oxygen atoms in total. The Kier molecular flexibility index (Phi) is 61.2. The molecule has 34 heteroatoms. The maximum absolute atomic E-state index is 11.7. The van der Waals surface area contributed by atoms with Crippen LogP contribution in [-0.4, -0.2) is 260 Å². The second-order valence-electron chi connectivity index (χ2n) is 15.5. The fraction of sp³-hybridized carbons (Fsp3) is 0.660. The summed E-state index contributed by atoms with van der Waals surface area (Å²) in [7, 11) is 4.21. The minimum absolute atomic E-state index is 0. The number of carbonyl (C=O) groups excluding carboxylic acids is 2. The molecule has 2 rings (SSSR count). The highest BCUT2D eigenvalue weighted by atomic mass is 32.2. The van der Waals surface area contributed by atoms with Crippen LogP contribution in [0.1, 0.15) is 13.0 Å². The molecule has 3 unspecified atom stereocenters. The number of nitro groups is 1. The number of aliphatic carboxylic acids is 3. The van der Waals surface area contributed by atoms with E-state index in [1.807, 2.05) is 6.92 Å². The van der Waals surface area contributed by atoms with Gasteiger partial charge in [0.05, 0.1) is 116 Å². The molecule has 0 fully saturated rings. The third kappa shape index (κ3) is 55.2. The molecule has 488 valence electrons. The van der Waals surface area contributed by atoms with E-state index in [9.17, 15) is 42.5 Å². The lowest BCUT2D eigenvalue weighted by molar-refractivity contribution is -0.384. The number of aryl methyl sites for hydroxylation is 1. The number of thioether (sulfide) groups is 2. The zero-order chi connectivity index (χ0) is 62.9. The highest BCUT2D eigenvalue weighted by Crippen LogP contribution is 2.18. The number of carboxylic acids is 3. The molecule has 0 bridgehead atoms. The number of rotatable bonds is 43. The quantitative estimate of drug-likeness (QED) is 0.00953. The van der Waals surface area contributed by atoms with Crippen molar-refractivity contribution in [3.63, 3.8) is 0 Å². The first-order valence-corrected chi connectivity index (χ1v) is 29.3. The van der Waals surface area contributed by atoms with Crippen LogP contribution in [0.15, 0.2) is 53.4 Å². The van der Waals surface area contributed by atoms with Gasteiger partial charge in [0.1, 0.15) is 37.1 Å². The average molecular weight is 1290 g/mol. The number of nitrogens with zero attached hydrogens (tertiary/aromatic N) is 1. The van der Waals surface area contributed by atoms with Gasteiger partial charge < -0.3 is 93.7 Å². The highest BCUT2D eigenvalue weighted by Gasteiger charge is 2.21. The smallest absolute Gasteiger partial charge is 0.480 e. The van der Waals surface area contributed by atoms with E-state index >= 15 is 0 Å². The van der Waals surface area contributed by atoms with Gasteiger partial charge in [-0.05, 0) is 31.2 Å². The number of hydrogen-bond acceptors (Lipinski definition) is 28. The van der Waals surface area contributed by atoms with Gasteiger partial charge in [0, 0.05) is 76.4 Å². The van der Waals surface area contributed by atoms with E-state index < -0.39 is 63.3 Å². The number of nitro benzene ring substituents is 1. The maximum atomic E-state index is 11.7. The lowest BCUT2D eigenvalue weighted by atomic mass is 10.2. The molecule has 0 aliphatic carbocycles. The maximum Gasteiger partial charge on any atom is 0.513 e. The number of nitrogens with two attached hydrogens (primary N) is 2. The van der Waals surface area contributed by atoms with Gasteiger partial charge in [-0.1, -0.05) is 25.1 Å². The third-order valence-corrected chi connectivity index (χ3v) is 12.6. The standard InChI is InChI=1S/C14H27NO8S.C12H15NO7.C12H18O5S.C8H17NO4S.C3H7NO2S.CH4/c1-19-3-5-21-7-8-23-14(18)15-12(13(16)17)11-24-10-9-22-6-4-20-2;1-17-6-7-18-8-9-19-12(14)20-11-4-2-10(3-5-11)13(15)16;1-11-3-5-12(6-4-11)18(13,14)17-10-9-16-8-7-15-2;1-12-2-3-13-4-5-14-6-7(9)8(10)11;4-2(1-7)3(5)6;/h12H,3-11H2,1-2H3,(H,15,18)(H,16,17);2-5H,6-9H2,1H3;3-6H,7-10H2,1-2H3;7H,2-6,9H2,1H3,(H,10,11);2,7H,1,4H2,(H,5,6);1H4.